The Morgan fingerprint density at radius 3 is 2.55 bits per heavy atom. The molecule has 1 aromatic rings. The standard InChI is InChI=1S/C20H23FO7S/c1-4-26-17(23)20-14(22)9-10-19(28-20)16(29(24,25)27-11-18(19,2)3)15(20)12-5-7-13(21)8-6-12/h5-8,15-16H,4,9-11H2,1-3H3/t15-,16-,19+,20-/m0/s1. The molecule has 3 saturated heterocycles. The summed E-state index contributed by atoms with van der Waals surface area (Å²) in [7, 11) is -4.19. The van der Waals surface area contributed by atoms with Crippen molar-refractivity contribution in [3.05, 3.63) is 35.6 Å². The zero-order valence-corrected chi connectivity index (χ0v) is 17.3. The Kier molecular flexibility index (Phi) is 4.46. The number of fused-ring (bicyclic) bond motifs is 1. The summed E-state index contributed by atoms with van der Waals surface area (Å²) in [6, 6.07) is 5.08. The highest BCUT2D eigenvalue weighted by molar-refractivity contribution is 7.87. The molecule has 1 aromatic carbocycles. The molecule has 3 fully saturated rings. The summed E-state index contributed by atoms with van der Waals surface area (Å²) in [5.74, 6) is -3.18. The number of ketones is 1. The van der Waals surface area contributed by atoms with Gasteiger partial charge in [0, 0.05) is 11.8 Å². The van der Waals surface area contributed by atoms with Crippen molar-refractivity contribution in [2.45, 2.75) is 56.0 Å². The Morgan fingerprint density at radius 1 is 1.28 bits per heavy atom. The topological polar surface area (TPSA) is 96.0 Å². The lowest BCUT2D eigenvalue weighted by Gasteiger charge is -2.51. The van der Waals surface area contributed by atoms with E-state index in [1.807, 2.05) is 0 Å². The minimum Gasteiger partial charge on any atom is -0.463 e. The van der Waals surface area contributed by atoms with Gasteiger partial charge in [0.1, 0.15) is 11.1 Å². The normalized spacial score (nSPS) is 37.0. The molecule has 4 atom stereocenters. The first-order chi connectivity index (χ1) is 13.5. The van der Waals surface area contributed by atoms with Crippen LogP contribution in [0.1, 0.15) is 45.1 Å². The highest BCUT2D eigenvalue weighted by Gasteiger charge is 2.80. The summed E-state index contributed by atoms with van der Waals surface area (Å²) in [6.45, 7) is 5.06. The Hall–Kier alpha value is -1.84. The molecule has 0 amide bonds. The summed E-state index contributed by atoms with van der Waals surface area (Å²) in [4.78, 5) is 26.3. The molecule has 29 heavy (non-hydrogen) atoms. The highest BCUT2D eigenvalue weighted by atomic mass is 32.2. The van der Waals surface area contributed by atoms with Gasteiger partial charge in [-0.05, 0) is 31.0 Å². The molecule has 0 unspecified atom stereocenters. The van der Waals surface area contributed by atoms with E-state index < -0.39 is 55.5 Å². The van der Waals surface area contributed by atoms with Gasteiger partial charge in [-0.15, -0.1) is 0 Å². The number of ether oxygens (including phenoxy) is 2. The second kappa shape index (κ2) is 6.33. The van der Waals surface area contributed by atoms with Crippen LogP contribution in [0.5, 0.6) is 0 Å². The Morgan fingerprint density at radius 2 is 1.93 bits per heavy atom. The largest absolute Gasteiger partial charge is 0.463 e. The van der Waals surface area contributed by atoms with Crippen molar-refractivity contribution in [2.24, 2.45) is 5.41 Å². The maximum Gasteiger partial charge on any atom is 0.346 e. The van der Waals surface area contributed by atoms with Gasteiger partial charge in [-0.3, -0.25) is 8.98 Å². The first-order valence-corrected chi connectivity index (χ1v) is 11.0. The summed E-state index contributed by atoms with van der Waals surface area (Å²) in [6.07, 6.45) is 0.122. The Balaban J connectivity index is 2.03. The van der Waals surface area contributed by atoms with Crippen LogP contribution < -0.4 is 0 Å². The van der Waals surface area contributed by atoms with Gasteiger partial charge in [-0.25, -0.2) is 9.18 Å². The molecular formula is C20H23FO7S. The zero-order chi connectivity index (χ0) is 21.2. The van der Waals surface area contributed by atoms with Crippen LogP contribution in [-0.2, 0) is 33.4 Å². The van der Waals surface area contributed by atoms with Gasteiger partial charge in [0.25, 0.3) is 10.1 Å². The van der Waals surface area contributed by atoms with E-state index in [-0.39, 0.29) is 26.1 Å². The molecule has 1 spiro atoms. The maximum atomic E-state index is 13.6. The Bertz CT molecular complexity index is 971. The molecule has 0 N–H and O–H groups in total. The van der Waals surface area contributed by atoms with Gasteiger partial charge in [-0.1, -0.05) is 26.0 Å². The van der Waals surface area contributed by atoms with E-state index in [2.05, 4.69) is 0 Å². The number of Topliss-reactive ketones (excluding diaryl/α,β-unsaturated/α-hetero) is 1. The van der Waals surface area contributed by atoms with Gasteiger partial charge in [0.05, 0.1) is 24.7 Å². The third kappa shape index (κ3) is 2.56. The SMILES string of the molecule is CCOC(=O)[C@]12O[C@]3(CCC1=O)[C@H]([C@@H]2c1ccc(F)cc1)S(=O)(=O)OCC3(C)C. The number of carbonyl (C=O) groups excluding carboxylic acids is 2. The molecule has 9 heteroatoms. The van der Waals surface area contributed by atoms with E-state index in [9.17, 15) is 22.4 Å². The predicted molar refractivity (Wildman–Crippen MR) is 99.0 cm³/mol. The molecule has 3 aliphatic heterocycles. The van der Waals surface area contributed by atoms with Crippen molar-refractivity contribution >= 4 is 21.9 Å². The lowest BCUT2D eigenvalue weighted by atomic mass is 9.69. The van der Waals surface area contributed by atoms with Crippen molar-refractivity contribution in [1.29, 1.82) is 0 Å². The molecule has 2 bridgehead atoms. The quantitative estimate of drug-likeness (QED) is 0.415. The second-order valence-electron chi connectivity index (χ2n) is 8.46. The van der Waals surface area contributed by atoms with Crippen LogP contribution in [0.4, 0.5) is 4.39 Å². The minimum absolute atomic E-state index is 0.00231. The number of halogens is 1. The number of rotatable bonds is 3. The van der Waals surface area contributed by atoms with E-state index in [0.717, 1.165) is 12.1 Å². The van der Waals surface area contributed by atoms with Crippen LogP contribution in [0.25, 0.3) is 0 Å². The third-order valence-electron chi connectivity index (χ3n) is 6.53. The van der Waals surface area contributed by atoms with Crippen LogP contribution >= 0.6 is 0 Å². The van der Waals surface area contributed by atoms with Crippen molar-refractivity contribution in [2.75, 3.05) is 13.2 Å². The number of esters is 1. The molecule has 0 saturated carbocycles. The van der Waals surface area contributed by atoms with Crippen LogP contribution in [-0.4, -0.2) is 49.8 Å². The van der Waals surface area contributed by atoms with Gasteiger partial charge in [0.15, 0.2) is 5.78 Å². The van der Waals surface area contributed by atoms with E-state index in [1.54, 1.807) is 20.8 Å². The highest BCUT2D eigenvalue weighted by Crippen LogP contribution is 2.64. The second-order valence-corrected chi connectivity index (χ2v) is 10.2. The van der Waals surface area contributed by atoms with Crippen molar-refractivity contribution in [1.82, 2.24) is 0 Å². The lowest BCUT2D eigenvalue weighted by molar-refractivity contribution is -0.213. The Labute approximate surface area is 168 Å². The first-order valence-electron chi connectivity index (χ1n) is 9.56. The molecule has 3 aliphatic rings. The van der Waals surface area contributed by atoms with Crippen molar-refractivity contribution in [3.63, 3.8) is 0 Å². The molecule has 0 radical (unpaired) electrons. The van der Waals surface area contributed by atoms with E-state index >= 15 is 0 Å². The molecule has 4 rings (SSSR count). The molecule has 7 nitrogen and oxygen atoms in total. The van der Waals surface area contributed by atoms with Crippen LogP contribution in [0.2, 0.25) is 0 Å². The fourth-order valence-corrected chi connectivity index (χ4v) is 7.33. The lowest BCUT2D eigenvalue weighted by Crippen LogP contribution is -2.63. The molecular weight excluding hydrogens is 403 g/mol. The fraction of sp³-hybridized carbons (Fsp3) is 0.600. The molecule has 0 aliphatic carbocycles. The van der Waals surface area contributed by atoms with E-state index in [4.69, 9.17) is 13.7 Å². The van der Waals surface area contributed by atoms with Crippen LogP contribution in [0, 0.1) is 11.2 Å². The summed E-state index contributed by atoms with van der Waals surface area (Å²) < 4.78 is 56.5. The third-order valence-corrected chi connectivity index (χ3v) is 8.25. The number of hydrogen-bond acceptors (Lipinski definition) is 7. The van der Waals surface area contributed by atoms with Gasteiger partial charge >= 0.3 is 5.97 Å². The fourth-order valence-electron chi connectivity index (χ4n) is 5.09. The molecule has 0 aromatic heterocycles. The van der Waals surface area contributed by atoms with E-state index in [0.29, 0.717) is 5.56 Å². The van der Waals surface area contributed by atoms with E-state index in [1.165, 1.54) is 12.1 Å². The minimum atomic E-state index is -4.19. The van der Waals surface area contributed by atoms with Crippen molar-refractivity contribution < 1.29 is 36.1 Å². The maximum absolute atomic E-state index is 13.6. The monoisotopic (exact) mass is 426 g/mol. The average Bonchev–Trinajstić information content (AvgIpc) is 2.94. The first kappa shape index (κ1) is 20.4. The van der Waals surface area contributed by atoms with Gasteiger partial charge in [-0.2, -0.15) is 8.42 Å². The number of carbonyl (C=O) groups is 2. The predicted octanol–water partition coefficient (Wildman–Crippen LogP) is 2.10. The van der Waals surface area contributed by atoms with Crippen LogP contribution in [0.15, 0.2) is 24.3 Å². The summed E-state index contributed by atoms with van der Waals surface area (Å²) in [5, 5.41) is -1.31. The smallest absolute Gasteiger partial charge is 0.346 e. The van der Waals surface area contributed by atoms with Crippen molar-refractivity contribution in [3.8, 4) is 0 Å². The number of hydrogen-bond donors (Lipinski definition) is 0. The van der Waals surface area contributed by atoms with Gasteiger partial charge in [0.2, 0.25) is 5.60 Å². The average molecular weight is 426 g/mol. The molecule has 158 valence electrons. The molecule has 3 heterocycles. The van der Waals surface area contributed by atoms with Gasteiger partial charge < -0.3 is 9.47 Å². The summed E-state index contributed by atoms with van der Waals surface area (Å²) in [5.41, 5.74) is -3.92. The summed E-state index contributed by atoms with van der Waals surface area (Å²) >= 11 is 0. The van der Waals surface area contributed by atoms with Crippen LogP contribution in [0.3, 0.4) is 0 Å². The zero-order valence-electron chi connectivity index (χ0n) is 16.4. The number of benzene rings is 1.